The first-order valence-corrected chi connectivity index (χ1v) is 7.83. The van der Waals surface area contributed by atoms with Crippen LogP contribution in [0, 0.1) is 17.5 Å². The fourth-order valence-electron chi connectivity index (χ4n) is 3.08. The monoisotopic (exact) mass is 368 g/mol. The van der Waals surface area contributed by atoms with Crippen molar-refractivity contribution in [2.45, 2.75) is 37.7 Å². The van der Waals surface area contributed by atoms with Gasteiger partial charge in [0.05, 0.1) is 0 Å². The van der Waals surface area contributed by atoms with Crippen LogP contribution in [0.25, 0.3) is 0 Å². The van der Waals surface area contributed by atoms with Crippen LogP contribution >= 0.6 is 0 Å². The Hall–Kier alpha value is -2.54. The lowest BCUT2D eigenvalue weighted by atomic mass is 9.73. The Morgan fingerprint density at radius 1 is 1.04 bits per heavy atom. The molecule has 0 bridgehead atoms. The third-order valence-electron chi connectivity index (χ3n) is 4.31. The second-order valence-corrected chi connectivity index (χ2v) is 6.97. The Bertz CT molecular complexity index is 836. The summed E-state index contributed by atoms with van der Waals surface area (Å²) in [4.78, 5) is 11.7. The number of phenolic OH excluding ortho intramolecular Hbond substituents is 1. The lowest BCUT2D eigenvalue weighted by molar-refractivity contribution is -0.160. The highest BCUT2D eigenvalue weighted by molar-refractivity contribution is 5.78. The molecule has 2 rings (SSSR count). The average molecular weight is 368 g/mol. The van der Waals surface area contributed by atoms with Crippen LogP contribution in [0.15, 0.2) is 36.4 Å². The summed E-state index contributed by atoms with van der Waals surface area (Å²) in [5.74, 6) is -4.15. The quantitative estimate of drug-likeness (QED) is 0.729. The minimum atomic E-state index is -2.46. The van der Waals surface area contributed by atoms with Gasteiger partial charge >= 0.3 is 5.97 Å². The van der Waals surface area contributed by atoms with E-state index in [0.29, 0.717) is 0 Å². The van der Waals surface area contributed by atoms with E-state index in [2.05, 4.69) is 0 Å². The summed E-state index contributed by atoms with van der Waals surface area (Å²) >= 11 is 0. The zero-order chi connectivity index (χ0) is 19.7. The molecular formula is C19H19F3O4. The van der Waals surface area contributed by atoms with Crippen LogP contribution in [0.5, 0.6) is 5.75 Å². The average Bonchev–Trinajstić information content (AvgIpc) is 2.52. The maximum atomic E-state index is 13.9. The molecule has 1 unspecified atom stereocenters. The number of aromatic hydroxyl groups is 1. The molecule has 0 saturated carbocycles. The van der Waals surface area contributed by atoms with Crippen molar-refractivity contribution < 1.29 is 33.3 Å². The smallest absolute Gasteiger partial charge is 0.336 e. The van der Waals surface area contributed by atoms with Crippen LogP contribution in [0.4, 0.5) is 13.2 Å². The number of hydrogen-bond donors (Lipinski definition) is 3. The molecule has 3 N–H and O–H groups in total. The van der Waals surface area contributed by atoms with Gasteiger partial charge in [0.2, 0.25) is 0 Å². The molecule has 140 valence electrons. The summed E-state index contributed by atoms with van der Waals surface area (Å²) in [5, 5.41) is 30.1. The third kappa shape index (κ3) is 4.16. The summed E-state index contributed by atoms with van der Waals surface area (Å²) < 4.78 is 40.8. The lowest BCUT2D eigenvalue weighted by Gasteiger charge is -2.34. The first kappa shape index (κ1) is 19.8. The normalized spacial score (nSPS) is 14.1. The Balaban J connectivity index is 2.41. The fraction of sp³-hybridized carbons (Fsp3) is 0.316. The summed E-state index contributed by atoms with van der Waals surface area (Å²) in [7, 11) is 0. The van der Waals surface area contributed by atoms with Crippen molar-refractivity contribution in [1.82, 2.24) is 0 Å². The summed E-state index contributed by atoms with van der Waals surface area (Å²) in [5.41, 5.74) is -3.84. The molecule has 0 aromatic heterocycles. The van der Waals surface area contributed by atoms with Crippen LogP contribution in [-0.2, 0) is 16.6 Å². The Kier molecular flexibility index (Phi) is 5.32. The number of phenols is 1. The summed E-state index contributed by atoms with van der Waals surface area (Å²) in [6, 6.07) is 5.75. The van der Waals surface area contributed by atoms with Crippen LogP contribution in [0.2, 0.25) is 0 Å². The van der Waals surface area contributed by atoms with E-state index >= 15 is 0 Å². The van der Waals surface area contributed by atoms with Gasteiger partial charge in [-0.2, -0.15) is 0 Å². The molecule has 0 fully saturated rings. The van der Waals surface area contributed by atoms with Crippen LogP contribution in [0.1, 0.15) is 31.4 Å². The van der Waals surface area contributed by atoms with Crippen LogP contribution < -0.4 is 0 Å². The van der Waals surface area contributed by atoms with Gasteiger partial charge in [-0.3, -0.25) is 0 Å². The zero-order valence-electron chi connectivity index (χ0n) is 14.3. The number of carboxylic acid groups (broad SMARTS) is 1. The molecule has 26 heavy (non-hydrogen) atoms. The minimum Gasteiger partial charge on any atom is -0.508 e. The molecule has 0 amide bonds. The minimum absolute atomic E-state index is 0.0943. The van der Waals surface area contributed by atoms with Gasteiger partial charge in [-0.15, -0.1) is 0 Å². The fourth-order valence-corrected chi connectivity index (χ4v) is 3.08. The second kappa shape index (κ2) is 6.99. The highest BCUT2D eigenvalue weighted by Crippen LogP contribution is 2.39. The van der Waals surface area contributed by atoms with Crippen molar-refractivity contribution in [1.29, 1.82) is 0 Å². The molecule has 0 saturated heterocycles. The highest BCUT2D eigenvalue weighted by Gasteiger charge is 2.43. The van der Waals surface area contributed by atoms with E-state index in [4.69, 9.17) is 0 Å². The Labute approximate surface area is 148 Å². The van der Waals surface area contributed by atoms with E-state index in [1.165, 1.54) is 13.8 Å². The first-order valence-electron chi connectivity index (χ1n) is 7.83. The largest absolute Gasteiger partial charge is 0.508 e. The standard InChI is InChI=1S/C19H19F3O4/c1-18(2,14-8-13(21)4-6-16(14)23)10-19(26,17(24)25)9-11-7-12(20)3-5-15(11)22/h3-8,23,26H,9-10H2,1-2H3,(H,24,25). The van der Waals surface area contributed by atoms with E-state index < -0.39 is 47.3 Å². The SMILES string of the molecule is CC(C)(CC(O)(Cc1cc(F)ccc1F)C(=O)O)c1cc(F)ccc1O. The number of carboxylic acids is 1. The molecule has 0 heterocycles. The van der Waals surface area contributed by atoms with Gasteiger partial charge in [0.25, 0.3) is 0 Å². The van der Waals surface area contributed by atoms with Gasteiger partial charge < -0.3 is 15.3 Å². The van der Waals surface area contributed by atoms with E-state index in [1.54, 1.807) is 0 Å². The zero-order valence-corrected chi connectivity index (χ0v) is 14.3. The predicted octanol–water partition coefficient (Wildman–Crippen LogP) is 3.54. The maximum Gasteiger partial charge on any atom is 0.336 e. The number of aliphatic carboxylic acids is 1. The maximum absolute atomic E-state index is 13.9. The van der Waals surface area contributed by atoms with Crippen molar-refractivity contribution in [3.05, 3.63) is 65.0 Å². The van der Waals surface area contributed by atoms with Crippen molar-refractivity contribution >= 4 is 5.97 Å². The van der Waals surface area contributed by atoms with E-state index in [0.717, 1.165) is 36.4 Å². The molecule has 0 aliphatic rings. The van der Waals surface area contributed by atoms with Gasteiger partial charge in [0, 0.05) is 12.0 Å². The molecular weight excluding hydrogens is 349 g/mol. The topological polar surface area (TPSA) is 77.8 Å². The first-order chi connectivity index (χ1) is 11.9. The molecule has 7 heteroatoms. The second-order valence-electron chi connectivity index (χ2n) is 6.97. The Morgan fingerprint density at radius 3 is 2.23 bits per heavy atom. The molecule has 2 aromatic rings. The van der Waals surface area contributed by atoms with Crippen molar-refractivity contribution in [3.8, 4) is 5.75 Å². The van der Waals surface area contributed by atoms with Gasteiger partial charge in [-0.25, -0.2) is 18.0 Å². The third-order valence-corrected chi connectivity index (χ3v) is 4.31. The van der Waals surface area contributed by atoms with Gasteiger partial charge in [0.15, 0.2) is 5.60 Å². The number of halogens is 3. The lowest BCUT2D eigenvalue weighted by Crippen LogP contribution is -2.46. The van der Waals surface area contributed by atoms with Crippen molar-refractivity contribution in [3.63, 3.8) is 0 Å². The number of rotatable bonds is 6. The van der Waals surface area contributed by atoms with Crippen LogP contribution in [-0.4, -0.2) is 26.9 Å². The van der Waals surface area contributed by atoms with Crippen LogP contribution in [0.3, 0.4) is 0 Å². The van der Waals surface area contributed by atoms with E-state index in [1.807, 2.05) is 0 Å². The predicted molar refractivity (Wildman–Crippen MR) is 88.4 cm³/mol. The van der Waals surface area contributed by atoms with Crippen molar-refractivity contribution in [2.75, 3.05) is 0 Å². The highest BCUT2D eigenvalue weighted by atomic mass is 19.1. The van der Waals surface area contributed by atoms with E-state index in [-0.39, 0.29) is 16.9 Å². The number of carbonyl (C=O) groups is 1. The van der Waals surface area contributed by atoms with Gasteiger partial charge in [0.1, 0.15) is 23.2 Å². The molecule has 0 aliphatic carbocycles. The molecule has 0 spiro atoms. The number of hydrogen-bond acceptors (Lipinski definition) is 3. The molecule has 1 atom stereocenters. The summed E-state index contributed by atoms with van der Waals surface area (Å²) in [6.45, 7) is 3.02. The van der Waals surface area contributed by atoms with Crippen molar-refractivity contribution in [2.24, 2.45) is 0 Å². The molecule has 2 aromatic carbocycles. The number of benzene rings is 2. The molecule has 4 nitrogen and oxygen atoms in total. The molecule has 0 aliphatic heterocycles. The number of aliphatic hydroxyl groups is 1. The molecule has 0 radical (unpaired) electrons. The van der Waals surface area contributed by atoms with Gasteiger partial charge in [-0.1, -0.05) is 13.8 Å². The van der Waals surface area contributed by atoms with Gasteiger partial charge in [-0.05, 0) is 53.8 Å². The van der Waals surface area contributed by atoms with E-state index in [9.17, 15) is 33.3 Å². The Morgan fingerprint density at radius 2 is 1.62 bits per heavy atom. The summed E-state index contributed by atoms with van der Waals surface area (Å²) in [6.07, 6.45) is -1.16.